The number of rotatable bonds is 4. The number of hydrogen-bond donors (Lipinski definition) is 0. The minimum Gasteiger partial charge on any atom is -0.354 e. The molecule has 0 N–H and O–H groups in total. The first kappa shape index (κ1) is 16.6. The summed E-state index contributed by atoms with van der Waals surface area (Å²) in [5, 5.41) is 2.62. The lowest BCUT2D eigenvalue weighted by atomic mass is 10.1. The van der Waals surface area contributed by atoms with Crippen molar-refractivity contribution in [3.05, 3.63) is 96.3 Å². The van der Waals surface area contributed by atoms with Gasteiger partial charge in [-0.2, -0.15) is 0 Å². The summed E-state index contributed by atoms with van der Waals surface area (Å²) < 4.78 is 0. The third-order valence-electron chi connectivity index (χ3n) is 4.28. The Morgan fingerprint density at radius 1 is 0.625 bits per heavy atom. The Bertz CT molecular complexity index is 829. The lowest BCUT2D eigenvalue weighted by Gasteiger charge is -2.21. The van der Waals surface area contributed by atoms with Crippen LogP contribution in [0, 0.1) is 0 Å². The zero-order valence-corrected chi connectivity index (χ0v) is 15.2. The van der Waals surface area contributed by atoms with Crippen molar-refractivity contribution in [2.75, 3.05) is 6.67 Å². The topological polar surface area (TPSA) is 6.48 Å². The molecule has 0 spiro atoms. The fourth-order valence-electron chi connectivity index (χ4n) is 3.11. The van der Waals surface area contributed by atoms with Gasteiger partial charge in [0, 0.05) is 25.5 Å². The van der Waals surface area contributed by atoms with Crippen LogP contribution in [0.1, 0.15) is 11.1 Å². The van der Waals surface area contributed by atoms with E-state index in [0.29, 0.717) is 0 Å². The van der Waals surface area contributed by atoms with Crippen molar-refractivity contribution in [1.29, 1.82) is 0 Å². The van der Waals surface area contributed by atoms with Crippen molar-refractivity contribution >= 4 is 27.8 Å². The summed E-state index contributed by atoms with van der Waals surface area (Å²) in [5.74, 6) is 0. The van der Waals surface area contributed by atoms with Gasteiger partial charge in [0.2, 0.25) is 0 Å². The van der Waals surface area contributed by atoms with E-state index in [9.17, 15) is 0 Å². The second-order valence-electron chi connectivity index (χ2n) is 6.10. The van der Waals surface area contributed by atoms with Gasteiger partial charge >= 0.3 is 0 Å². The van der Waals surface area contributed by atoms with Gasteiger partial charge in [0.1, 0.15) is 0 Å². The van der Waals surface area contributed by atoms with Crippen LogP contribution in [0.3, 0.4) is 0 Å². The number of hydrogen-bond acceptors (Lipinski definition) is 2. The van der Waals surface area contributed by atoms with E-state index in [0.717, 1.165) is 19.8 Å². The normalized spacial score (nSPS) is 13.3. The quantitative estimate of drug-likeness (QED) is 0.616. The van der Waals surface area contributed by atoms with Crippen LogP contribution in [0.25, 0.3) is 10.8 Å². The first-order chi connectivity index (χ1) is 11.4. The summed E-state index contributed by atoms with van der Waals surface area (Å²) in [4.78, 5) is 4.70. The van der Waals surface area contributed by atoms with E-state index < -0.39 is 0 Å². The average molecular weight is 381 g/mol. The van der Waals surface area contributed by atoms with Crippen LogP contribution < -0.4 is 0 Å². The molecule has 0 fully saturated rings. The molecule has 0 radical (unpaired) electrons. The SMILES string of the molecule is Br.C1=CN(Cc2ccc3ccccc3c2)CN1Cc1ccccc1. The number of halogens is 1. The van der Waals surface area contributed by atoms with Gasteiger partial charge in [0.25, 0.3) is 0 Å². The van der Waals surface area contributed by atoms with Crippen LogP contribution in [-0.2, 0) is 13.1 Å². The van der Waals surface area contributed by atoms with Crippen molar-refractivity contribution in [3.63, 3.8) is 0 Å². The van der Waals surface area contributed by atoms with Crippen LogP contribution >= 0.6 is 17.0 Å². The first-order valence-corrected chi connectivity index (χ1v) is 8.05. The predicted octanol–water partition coefficient (Wildman–Crippen LogP) is 5.16. The third-order valence-corrected chi connectivity index (χ3v) is 4.28. The maximum Gasteiger partial charge on any atom is 0.0900 e. The number of benzene rings is 3. The minimum atomic E-state index is 0. The molecule has 0 bridgehead atoms. The largest absolute Gasteiger partial charge is 0.354 e. The second kappa shape index (κ2) is 7.54. The second-order valence-corrected chi connectivity index (χ2v) is 6.10. The molecule has 122 valence electrons. The molecular weight excluding hydrogens is 360 g/mol. The average Bonchev–Trinajstić information content (AvgIpc) is 3.02. The highest BCUT2D eigenvalue weighted by molar-refractivity contribution is 8.93. The fourth-order valence-corrected chi connectivity index (χ4v) is 3.11. The molecule has 4 rings (SSSR count). The maximum absolute atomic E-state index is 2.35. The van der Waals surface area contributed by atoms with E-state index in [4.69, 9.17) is 0 Å². The molecule has 3 aromatic carbocycles. The van der Waals surface area contributed by atoms with Crippen molar-refractivity contribution in [2.45, 2.75) is 13.1 Å². The van der Waals surface area contributed by atoms with E-state index >= 15 is 0 Å². The molecule has 3 aromatic rings. The smallest absolute Gasteiger partial charge is 0.0900 e. The van der Waals surface area contributed by atoms with Gasteiger partial charge < -0.3 is 9.80 Å². The molecule has 1 heterocycles. The molecule has 0 aromatic heterocycles. The van der Waals surface area contributed by atoms with Crippen molar-refractivity contribution in [3.8, 4) is 0 Å². The molecule has 0 amide bonds. The van der Waals surface area contributed by atoms with Gasteiger partial charge in [-0.1, -0.05) is 66.7 Å². The summed E-state index contributed by atoms with van der Waals surface area (Å²) in [6.07, 6.45) is 4.38. The van der Waals surface area contributed by atoms with Gasteiger partial charge in [0.05, 0.1) is 6.67 Å². The van der Waals surface area contributed by atoms with Crippen LogP contribution in [-0.4, -0.2) is 16.5 Å². The molecule has 0 atom stereocenters. The Hall–Kier alpha value is -2.26. The lowest BCUT2D eigenvalue weighted by molar-refractivity contribution is 0.255. The van der Waals surface area contributed by atoms with Crippen LogP contribution in [0.15, 0.2) is 85.2 Å². The summed E-state index contributed by atoms with van der Waals surface area (Å²) >= 11 is 0. The van der Waals surface area contributed by atoms with E-state index in [2.05, 4.69) is 95.0 Å². The van der Waals surface area contributed by atoms with E-state index in [-0.39, 0.29) is 17.0 Å². The Kier molecular flexibility index (Phi) is 5.21. The molecular formula is C21H21BrN2. The summed E-state index contributed by atoms with van der Waals surface area (Å²) in [6, 6.07) is 25.9. The van der Waals surface area contributed by atoms with Crippen LogP contribution in [0.5, 0.6) is 0 Å². The van der Waals surface area contributed by atoms with E-state index in [1.54, 1.807) is 0 Å². The molecule has 0 aliphatic carbocycles. The fraction of sp³-hybridized carbons (Fsp3) is 0.143. The van der Waals surface area contributed by atoms with Crippen molar-refractivity contribution in [1.82, 2.24) is 9.80 Å². The van der Waals surface area contributed by atoms with Gasteiger partial charge in [0.15, 0.2) is 0 Å². The van der Waals surface area contributed by atoms with E-state index in [1.165, 1.54) is 21.9 Å². The highest BCUT2D eigenvalue weighted by Crippen LogP contribution is 2.19. The highest BCUT2D eigenvalue weighted by atomic mass is 79.9. The first-order valence-electron chi connectivity index (χ1n) is 8.05. The monoisotopic (exact) mass is 380 g/mol. The third kappa shape index (κ3) is 3.80. The Labute approximate surface area is 153 Å². The lowest BCUT2D eigenvalue weighted by Crippen LogP contribution is -2.24. The van der Waals surface area contributed by atoms with Gasteiger partial charge in [-0.3, -0.25) is 0 Å². The minimum absolute atomic E-state index is 0. The summed E-state index contributed by atoms with van der Waals surface area (Å²) in [5.41, 5.74) is 2.71. The van der Waals surface area contributed by atoms with Crippen LogP contribution in [0.4, 0.5) is 0 Å². The molecule has 0 saturated heterocycles. The predicted molar refractivity (Wildman–Crippen MR) is 106 cm³/mol. The Morgan fingerprint density at radius 3 is 2.00 bits per heavy atom. The van der Waals surface area contributed by atoms with E-state index in [1.807, 2.05) is 0 Å². The Balaban J connectivity index is 0.00000169. The molecule has 0 saturated carbocycles. The molecule has 0 unspecified atom stereocenters. The van der Waals surface area contributed by atoms with Crippen LogP contribution in [0.2, 0.25) is 0 Å². The highest BCUT2D eigenvalue weighted by Gasteiger charge is 2.12. The molecule has 1 aliphatic heterocycles. The Morgan fingerprint density at radius 2 is 1.25 bits per heavy atom. The van der Waals surface area contributed by atoms with Crippen molar-refractivity contribution in [2.24, 2.45) is 0 Å². The van der Waals surface area contributed by atoms with Gasteiger partial charge in [-0.25, -0.2) is 0 Å². The standard InChI is InChI=1S/C21H20N2.BrH/c1-2-6-18(7-3-1)15-22-12-13-23(17-22)16-19-10-11-20-8-4-5-9-21(20)14-19;/h1-14H,15-17H2;1H. The van der Waals surface area contributed by atoms with Gasteiger partial charge in [-0.15, -0.1) is 17.0 Å². The molecule has 3 heteroatoms. The molecule has 2 nitrogen and oxygen atoms in total. The zero-order valence-electron chi connectivity index (χ0n) is 13.5. The number of nitrogens with zero attached hydrogens (tertiary/aromatic N) is 2. The zero-order chi connectivity index (χ0) is 15.5. The van der Waals surface area contributed by atoms with Crippen molar-refractivity contribution < 1.29 is 0 Å². The number of fused-ring (bicyclic) bond motifs is 1. The molecule has 24 heavy (non-hydrogen) atoms. The summed E-state index contributed by atoms with van der Waals surface area (Å²) in [6.45, 7) is 2.86. The maximum atomic E-state index is 2.35. The van der Waals surface area contributed by atoms with Gasteiger partial charge in [-0.05, 0) is 28.0 Å². The molecule has 1 aliphatic rings. The summed E-state index contributed by atoms with van der Waals surface area (Å²) in [7, 11) is 0.